The Morgan fingerprint density at radius 1 is 1.41 bits per heavy atom. The van der Waals surface area contributed by atoms with Crippen LogP contribution in [0.25, 0.3) is 0 Å². The van der Waals surface area contributed by atoms with E-state index in [4.69, 9.17) is 0 Å². The van der Waals surface area contributed by atoms with Gasteiger partial charge in [0.15, 0.2) is 0 Å². The van der Waals surface area contributed by atoms with E-state index < -0.39 is 17.6 Å². The Morgan fingerprint density at radius 3 is 2.53 bits per heavy atom. The second kappa shape index (κ2) is 3.97. The highest BCUT2D eigenvalue weighted by Gasteiger charge is 2.64. The number of nitrogens with zero attached hydrogens (tertiary/aromatic N) is 1. The molecule has 0 aromatic carbocycles. The molecule has 0 unspecified atom stereocenters. The normalized spacial score (nSPS) is 17.6. The van der Waals surface area contributed by atoms with Gasteiger partial charge in [-0.05, 0) is 40.9 Å². The van der Waals surface area contributed by atoms with Crippen molar-refractivity contribution in [3.05, 3.63) is 28.5 Å². The number of carbonyl (C=O) groups is 1. The topological polar surface area (TPSA) is 42.0 Å². The van der Waals surface area contributed by atoms with Crippen LogP contribution < -0.4 is 5.32 Å². The average molecular weight is 309 g/mol. The second-order valence-electron chi connectivity index (χ2n) is 3.88. The maximum Gasteiger partial charge on any atom is 0.411 e. The summed E-state index contributed by atoms with van der Waals surface area (Å²) in [5.41, 5.74) is -2.08. The lowest BCUT2D eigenvalue weighted by Crippen LogP contribution is -2.48. The molecule has 1 aliphatic carbocycles. The van der Waals surface area contributed by atoms with Crippen molar-refractivity contribution in [3.8, 4) is 0 Å². The van der Waals surface area contributed by atoms with Crippen LogP contribution in [0.3, 0.4) is 0 Å². The van der Waals surface area contributed by atoms with E-state index in [-0.39, 0.29) is 18.5 Å². The standard InChI is InChI=1S/C10H8BrF3N2O/c11-7-3-1-2-6(15-7)8(17)16-9(4-5-9)10(12,13)14/h1-3H,4-5H2,(H,16,17). The van der Waals surface area contributed by atoms with Gasteiger partial charge in [0.1, 0.15) is 15.8 Å². The zero-order chi connectivity index (χ0) is 12.7. The van der Waals surface area contributed by atoms with Gasteiger partial charge in [0, 0.05) is 0 Å². The Morgan fingerprint density at radius 2 is 2.06 bits per heavy atom. The molecule has 1 aromatic rings. The molecule has 2 rings (SSSR count). The lowest BCUT2D eigenvalue weighted by Gasteiger charge is -2.20. The van der Waals surface area contributed by atoms with Gasteiger partial charge in [-0.1, -0.05) is 6.07 Å². The second-order valence-corrected chi connectivity index (χ2v) is 4.69. The molecule has 3 nitrogen and oxygen atoms in total. The van der Waals surface area contributed by atoms with Crippen LogP contribution in [0, 0.1) is 0 Å². The Hall–Kier alpha value is -1.11. The molecule has 1 aromatic heterocycles. The fourth-order valence-corrected chi connectivity index (χ4v) is 1.76. The molecular formula is C10H8BrF3N2O. The van der Waals surface area contributed by atoms with Crippen LogP contribution in [-0.2, 0) is 0 Å². The fraction of sp³-hybridized carbons (Fsp3) is 0.400. The highest BCUT2D eigenvalue weighted by atomic mass is 79.9. The number of nitrogens with one attached hydrogen (secondary N) is 1. The van der Waals surface area contributed by atoms with E-state index in [1.165, 1.54) is 6.07 Å². The average Bonchev–Trinajstić information content (AvgIpc) is 2.98. The summed E-state index contributed by atoms with van der Waals surface area (Å²) in [7, 11) is 0. The first-order chi connectivity index (χ1) is 7.84. The Labute approximate surface area is 104 Å². The highest BCUT2D eigenvalue weighted by molar-refractivity contribution is 9.10. The van der Waals surface area contributed by atoms with Gasteiger partial charge in [-0.3, -0.25) is 4.79 Å². The van der Waals surface area contributed by atoms with Gasteiger partial charge in [-0.25, -0.2) is 4.98 Å². The van der Waals surface area contributed by atoms with Crippen molar-refractivity contribution in [2.75, 3.05) is 0 Å². The summed E-state index contributed by atoms with van der Waals surface area (Å²) >= 11 is 3.05. The number of rotatable bonds is 2. The molecule has 1 aliphatic rings. The summed E-state index contributed by atoms with van der Waals surface area (Å²) in [5.74, 6) is -0.805. The lowest BCUT2D eigenvalue weighted by molar-refractivity contribution is -0.163. The minimum atomic E-state index is -4.41. The number of amides is 1. The minimum Gasteiger partial charge on any atom is -0.336 e. The number of alkyl halides is 3. The van der Waals surface area contributed by atoms with Gasteiger partial charge in [-0.15, -0.1) is 0 Å². The van der Waals surface area contributed by atoms with Crippen LogP contribution in [0.15, 0.2) is 22.8 Å². The third-order valence-corrected chi connectivity index (χ3v) is 3.03. The molecule has 1 fully saturated rings. The highest BCUT2D eigenvalue weighted by Crippen LogP contribution is 2.48. The monoisotopic (exact) mass is 308 g/mol. The minimum absolute atomic E-state index is 0.0325. The summed E-state index contributed by atoms with van der Waals surface area (Å²) in [6, 6.07) is 4.50. The van der Waals surface area contributed by atoms with Crippen LogP contribution in [0.1, 0.15) is 23.3 Å². The first kappa shape index (κ1) is 12.3. The van der Waals surface area contributed by atoms with Crippen molar-refractivity contribution in [2.24, 2.45) is 0 Å². The van der Waals surface area contributed by atoms with E-state index in [0.29, 0.717) is 4.60 Å². The van der Waals surface area contributed by atoms with Crippen molar-refractivity contribution in [2.45, 2.75) is 24.6 Å². The zero-order valence-electron chi connectivity index (χ0n) is 8.51. The maximum absolute atomic E-state index is 12.6. The molecule has 0 aliphatic heterocycles. The van der Waals surface area contributed by atoms with Gasteiger partial charge >= 0.3 is 6.18 Å². The molecule has 1 saturated carbocycles. The number of halogens is 4. The van der Waals surface area contributed by atoms with Gasteiger partial charge < -0.3 is 5.32 Å². The summed E-state index contributed by atoms with van der Waals surface area (Å²) in [4.78, 5) is 15.4. The Bertz CT molecular complexity index is 457. The SMILES string of the molecule is O=C(NC1(C(F)(F)F)CC1)c1cccc(Br)n1. The Kier molecular flexibility index (Phi) is 2.89. The molecular weight excluding hydrogens is 301 g/mol. The molecule has 0 saturated heterocycles. The largest absolute Gasteiger partial charge is 0.411 e. The van der Waals surface area contributed by atoms with E-state index in [1.807, 2.05) is 5.32 Å². The molecule has 0 atom stereocenters. The van der Waals surface area contributed by atoms with Crippen LogP contribution in [0.4, 0.5) is 13.2 Å². The van der Waals surface area contributed by atoms with E-state index in [0.717, 1.165) is 0 Å². The Balaban J connectivity index is 2.13. The molecule has 0 bridgehead atoms. The molecule has 0 spiro atoms. The van der Waals surface area contributed by atoms with Gasteiger partial charge in [-0.2, -0.15) is 13.2 Å². The van der Waals surface area contributed by atoms with Crippen molar-refractivity contribution in [1.82, 2.24) is 10.3 Å². The number of hydrogen-bond acceptors (Lipinski definition) is 2. The van der Waals surface area contributed by atoms with Crippen LogP contribution in [0.2, 0.25) is 0 Å². The van der Waals surface area contributed by atoms with Crippen LogP contribution >= 0.6 is 15.9 Å². The number of hydrogen-bond donors (Lipinski definition) is 1. The van der Waals surface area contributed by atoms with E-state index >= 15 is 0 Å². The van der Waals surface area contributed by atoms with Crippen LogP contribution in [0.5, 0.6) is 0 Å². The van der Waals surface area contributed by atoms with Gasteiger partial charge in [0.05, 0.1) is 0 Å². The quantitative estimate of drug-likeness (QED) is 0.854. The summed E-state index contributed by atoms with van der Waals surface area (Å²) in [6.07, 6.45) is -4.55. The lowest BCUT2D eigenvalue weighted by atomic mass is 10.2. The smallest absolute Gasteiger partial charge is 0.336 e. The van der Waals surface area contributed by atoms with Crippen molar-refractivity contribution >= 4 is 21.8 Å². The zero-order valence-corrected chi connectivity index (χ0v) is 10.1. The third kappa shape index (κ3) is 2.43. The molecule has 1 amide bonds. The van der Waals surface area contributed by atoms with Gasteiger partial charge in [0.2, 0.25) is 0 Å². The molecule has 1 heterocycles. The number of aromatic nitrogens is 1. The molecule has 1 N–H and O–H groups in total. The van der Waals surface area contributed by atoms with E-state index in [2.05, 4.69) is 20.9 Å². The van der Waals surface area contributed by atoms with Crippen molar-refractivity contribution in [3.63, 3.8) is 0 Å². The fourth-order valence-electron chi connectivity index (χ4n) is 1.42. The maximum atomic E-state index is 12.6. The van der Waals surface area contributed by atoms with Gasteiger partial charge in [0.25, 0.3) is 5.91 Å². The predicted octanol–water partition coefficient (Wildman–Crippen LogP) is 2.67. The van der Waals surface area contributed by atoms with Crippen molar-refractivity contribution in [1.29, 1.82) is 0 Å². The van der Waals surface area contributed by atoms with E-state index in [1.54, 1.807) is 12.1 Å². The first-order valence-corrected chi connectivity index (χ1v) is 5.65. The first-order valence-electron chi connectivity index (χ1n) is 4.86. The summed E-state index contributed by atoms with van der Waals surface area (Å²) in [6.45, 7) is 0. The molecule has 17 heavy (non-hydrogen) atoms. The number of pyridine rings is 1. The van der Waals surface area contributed by atoms with Crippen LogP contribution in [-0.4, -0.2) is 22.6 Å². The predicted molar refractivity (Wildman–Crippen MR) is 57.4 cm³/mol. The molecule has 0 radical (unpaired) electrons. The molecule has 92 valence electrons. The number of carbonyl (C=O) groups excluding carboxylic acids is 1. The van der Waals surface area contributed by atoms with Crippen molar-refractivity contribution < 1.29 is 18.0 Å². The summed E-state index contributed by atoms with van der Waals surface area (Å²) in [5, 5.41) is 2.00. The third-order valence-electron chi connectivity index (χ3n) is 2.59. The summed E-state index contributed by atoms with van der Waals surface area (Å²) < 4.78 is 38.2. The van der Waals surface area contributed by atoms with E-state index in [9.17, 15) is 18.0 Å². The molecule has 7 heteroatoms.